The van der Waals surface area contributed by atoms with Crippen LogP contribution in [0.1, 0.15) is 55.4 Å². The van der Waals surface area contributed by atoms with Crippen LogP contribution in [0.5, 0.6) is 0 Å². The molecular weight excluding hydrogens is 260 g/mol. The summed E-state index contributed by atoms with van der Waals surface area (Å²) in [7, 11) is 0. The normalized spacial score (nSPS) is 15.3. The molecule has 0 heterocycles. The maximum atomic E-state index is 10.2. The van der Waals surface area contributed by atoms with Crippen LogP contribution in [-0.2, 0) is 0 Å². The number of aliphatic hydroxyl groups is 4. The third-order valence-electron chi connectivity index (χ3n) is 3.19. The van der Waals surface area contributed by atoms with Crippen molar-refractivity contribution in [3.63, 3.8) is 0 Å². The highest BCUT2D eigenvalue weighted by molar-refractivity contribution is 4.83. The van der Waals surface area contributed by atoms with Gasteiger partial charge in [0.1, 0.15) is 22.9 Å². The van der Waals surface area contributed by atoms with E-state index in [2.05, 4.69) is 0 Å². The van der Waals surface area contributed by atoms with Crippen LogP contribution < -0.4 is 0 Å². The van der Waals surface area contributed by atoms with E-state index in [1.807, 2.05) is 0 Å². The van der Waals surface area contributed by atoms with E-state index in [1.54, 1.807) is 55.4 Å². The molecular formula is C14H32N2O4. The number of hydrogen-bond acceptors (Lipinski definition) is 6. The van der Waals surface area contributed by atoms with Gasteiger partial charge in [-0.15, -0.1) is 0 Å². The van der Waals surface area contributed by atoms with E-state index in [1.165, 1.54) is 9.80 Å². The molecule has 122 valence electrons. The maximum Gasteiger partial charge on any atom is 0.115 e. The second kappa shape index (κ2) is 5.87. The fourth-order valence-electron chi connectivity index (χ4n) is 2.63. The van der Waals surface area contributed by atoms with E-state index in [0.29, 0.717) is 0 Å². The molecule has 0 aromatic rings. The Bertz CT molecular complexity index is 245. The molecule has 6 heteroatoms. The Labute approximate surface area is 122 Å². The Hall–Kier alpha value is -0.240. The largest absolute Gasteiger partial charge is 0.376 e. The highest BCUT2D eigenvalue weighted by Crippen LogP contribution is 2.24. The Kier molecular flexibility index (Phi) is 5.80. The van der Waals surface area contributed by atoms with Crippen molar-refractivity contribution in [1.82, 2.24) is 9.80 Å². The molecule has 0 bridgehead atoms. The third kappa shape index (κ3) is 6.03. The van der Waals surface area contributed by atoms with Gasteiger partial charge in [0.25, 0.3) is 0 Å². The van der Waals surface area contributed by atoms with Gasteiger partial charge in [-0.1, -0.05) is 0 Å². The van der Waals surface area contributed by atoms with Crippen molar-refractivity contribution < 1.29 is 20.4 Å². The van der Waals surface area contributed by atoms with E-state index < -0.39 is 22.9 Å². The smallest absolute Gasteiger partial charge is 0.115 e. The van der Waals surface area contributed by atoms with Gasteiger partial charge >= 0.3 is 0 Å². The summed E-state index contributed by atoms with van der Waals surface area (Å²) in [5.74, 6) is 0. The molecule has 0 rings (SSSR count). The predicted octanol–water partition coefficient (Wildman–Crippen LogP) is 0.504. The first-order chi connectivity index (χ1) is 8.47. The lowest BCUT2D eigenvalue weighted by Gasteiger charge is -2.47. The first-order valence-electron chi connectivity index (χ1n) is 6.92. The molecule has 0 aliphatic rings. The average molecular weight is 292 g/mol. The summed E-state index contributed by atoms with van der Waals surface area (Å²) in [5.41, 5.74) is -4.88. The van der Waals surface area contributed by atoms with Gasteiger partial charge in [-0.05, 0) is 55.4 Å². The summed E-state index contributed by atoms with van der Waals surface area (Å²) in [5, 5.41) is 40.6. The van der Waals surface area contributed by atoms with Crippen LogP contribution in [0.3, 0.4) is 0 Å². The van der Waals surface area contributed by atoms with Gasteiger partial charge in [0.05, 0.1) is 0 Å². The van der Waals surface area contributed by atoms with Crippen LogP contribution in [0.15, 0.2) is 0 Å². The van der Waals surface area contributed by atoms with Gasteiger partial charge in [-0.2, -0.15) is 0 Å². The van der Waals surface area contributed by atoms with Gasteiger partial charge in [-0.3, -0.25) is 0 Å². The zero-order chi connectivity index (χ0) is 16.6. The number of nitrogens with zero attached hydrogens (tertiary/aromatic N) is 2. The third-order valence-corrected chi connectivity index (χ3v) is 3.19. The van der Waals surface area contributed by atoms with E-state index in [4.69, 9.17) is 0 Å². The van der Waals surface area contributed by atoms with E-state index >= 15 is 0 Å². The van der Waals surface area contributed by atoms with Gasteiger partial charge in [0.2, 0.25) is 0 Å². The summed E-state index contributed by atoms with van der Waals surface area (Å²) in [4.78, 5) is 3.01. The van der Waals surface area contributed by atoms with E-state index in [-0.39, 0.29) is 13.1 Å². The summed E-state index contributed by atoms with van der Waals surface area (Å²) in [6, 6.07) is 0. The lowest BCUT2D eigenvalue weighted by molar-refractivity contribution is -0.228. The van der Waals surface area contributed by atoms with Crippen LogP contribution in [0, 0.1) is 0 Å². The van der Waals surface area contributed by atoms with Crippen molar-refractivity contribution in [3.05, 3.63) is 0 Å². The number of hydrogen-bond donors (Lipinski definition) is 4. The van der Waals surface area contributed by atoms with Crippen LogP contribution >= 0.6 is 0 Å². The van der Waals surface area contributed by atoms with Crippen molar-refractivity contribution in [1.29, 1.82) is 0 Å². The van der Waals surface area contributed by atoms with Crippen molar-refractivity contribution in [3.8, 4) is 0 Å². The first kappa shape index (κ1) is 19.8. The summed E-state index contributed by atoms with van der Waals surface area (Å²) < 4.78 is 0. The molecule has 0 saturated heterocycles. The van der Waals surface area contributed by atoms with E-state index in [0.717, 1.165) is 0 Å². The van der Waals surface area contributed by atoms with Crippen molar-refractivity contribution in [2.24, 2.45) is 0 Å². The summed E-state index contributed by atoms with van der Waals surface area (Å²) in [6.45, 7) is 13.3. The second-order valence-electron chi connectivity index (χ2n) is 7.28. The molecule has 0 atom stereocenters. The minimum absolute atomic E-state index is 0.279. The summed E-state index contributed by atoms with van der Waals surface area (Å²) in [6.07, 6.45) is 0. The zero-order valence-corrected chi connectivity index (χ0v) is 14.1. The zero-order valence-electron chi connectivity index (χ0n) is 14.1. The van der Waals surface area contributed by atoms with Crippen molar-refractivity contribution >= 4 is 0 Å². The number of rotatable bonds is 7. The fourth-order valence-corrected chi connectivity index (χ4v) is 2.63. The molecule has 0 amide bonds. The minimum Gasteiger partial charge on any atom is -0.376 e. The van der Waals surface area contributed by atoms with Crippen LogP contribution in [0.25, 0.3) is 0 Å². The molecule has 0 radical (unpaired) electrons. The van der Waals surface area contributed by atoms with Crippen LogP contribution in [0.4, 0.5) is 0 Å². The van der Waals surface area contributed by atoms with Crippen LogP contribution in [-0.4, -0.2) is 66.2 Å². The fraction of sp³-hybridized carbons (Fsp3) is 1.00. The molecule has 0 fully saturated rings. The average Bonchev–Trinajstić information content (AvgIpc) is 2.02. The van der Waals surface area contributed by atoms with Gasteiger partial charge < -0.3 is 20.4 Å². The molecule has 0 saturated carbocycles. The topological polar surface area (TPSA) is 87.4 Å². The Morgan fingerprint density at radius 1 is 0.500 bits per heavy atom. The van der Waals surface area contributed by atoms with Crippen LogP contribution in [0.2, 0.25) is 0 Å². The van der Waals surface area contributed by atoms with Gasteiger partial charge in [-0.25, -0.2) is 9.80 Å². The SMILES string of the molecule is CC(C)(O)N(CCN(C(C)(C)O)C(C)(C)O)C(C)(C)O. The molecule has 0 aromatic carbocycles. The van der Waals surface area contributed by atoms with Gasteiger partial charge in [0.15, 0.2) is 0 Å². The lowest BCUT2D eigenvalue weighted by atomic mass is 10.1. The molecule has 20 heavy (non-hydrogen) atoms. The molecule has 0 aliphatic carbocycles. The highest BCUT2D eigenvalue weighted by Gasteiger charge is 2.39. The molecule has 4 N–H and O–H groups in total. The predicted molar refractivity (Wildman–Crippen MR) is 78.6 cm³/mol. The summed E-state index contributed by atoms with van der Waals surface area (Å²) >= 11 is 0. The monoisotopic (exact) mass is 292 g/mol. The lowest BCUT2D eigenvalue weighted by Crippen LogP contribution is -2.62. The maximum absolute atomic E-state index is 10.2. The Balaban J connectivity index is 5.10. The first-order valence-corrected chi connectivity index (χ1v) is 6.92. The molecule has 6 nitrogen and oxygen atoms in total. The molecule has 0 spiro atoms. The highest BCUT2D eigenvalue weighted by atomic mass is 16.4. The molecule has 0 unspecified atom stereocenters. The van der Waals surface area contributed by atoms with Gasteiger partial charge in [0, 0.05) is 13.1 Å². The van der Waals surface area contributed by atoms with Crippen molar-refractivity contribution in [2.75, 3.05) is 13.1 Å². The molecule has 0 aromatic heterocycles. The van der Waals surface area contributed by atoms with E-state index in [9.17, 15) is 20.4 Å². The quantitative estimate of drug-likeness (QED) is 0.511. The standard InChI is InChI=1S/C14H32N2O4/c1-11(2,17)15(12(3,4)18)9-10-16(13(5,6)19)14(7,8)20/h17-20H,9-10H2,1-8H3. The Morgan fingerprint density at radius 2 is 0.650 bits per heavy atom. The Morgan fingerprint density at radius 3 is 0.750 bits per heavy atom. The van der Waals surface area contributed by atoms with Crippen molar-refractivity contribution in [2.45, 2.75) is 78.3 Å². The second-order valence-corrected chi connectivity index (χ2v) is 7.28. The minimum atomic E-state index is -1.22. The molecule has 0 aliphatic heterocycles.